The van der Waals surface area contributed by atoms with Crippen LogP contribution in [0.4, 0.5) is 0 Å². The second-order valence-corrected chi connectivity index (χ2v) is 5.52. The highest BCUT2D eigenvalue weighted by Gasteiger charge is 2.33. The van der Waals surface area contributed by atoms with Crippen LogP contribution < -0.4 is 9.47 Å². The van der Waals surface area contributed by atoms with Crippen molar-refractivity contribution in [2.24, 2.45) is 0 Å². The first kappa shape index (κ1) is 9.84. The Morgan fingerprint density at radius 1 is 0.895 bits per heavy atom. The molecule has 0 aromatic heterocycles. The zero-order valence-corrected chi connectivity index (χ0v) is 10.4. The minimum absolute atomic E-state index is 0.272. The van der Waals surface area contributed by atoms with Crippen molar-refractivity contribution < 1.29 is 14.3 Å². The Morgan fingerprint density at radius 2 is 1.63 bits per heavy atom. The maximum absolute atomic E-state index is 12.0. The Labute approximate surface area is 110 Å². The molecule has 1 aliphatic heterocycles. The lowest BCUT2D eigenvalue weighted by Gasteiger charge is -2.24. The van der Waals surface area contributed by atoms with Gasteiger partial charge in [-0.25, -0.2) is 0 Å². The number of hydrogen-bond acceptors (Lipinski definition) is 3. The van der Waals surface area contributed by atoms with E-state index in [1.165, 1.54) is 28.5 Å². The van der Waals surface area contributed by atoms with Gasteiger partial charge in [-0.3, -0.25) is 4.79 Å². The van der Waals surface area contributed by atoms with Crippen molar-refractivity contribution in [3.05, 3.63) is 34.4 Å². The second-order valence-electron chi connectivity index (χ2n) is 5.52. The maximum Gasteiger partial charge on any atom is 0.231 e. The molecule has 19 heavy (non-hydrogen) atoms. The molecule has 3 heteroatoms. The Balaban J connectivity index is 1.97. The molecule has 94 valence electrons. The summed E-state index contributed by atoms with van der Waals surface area (Å²) >= 11 is 0. The number of aryl methyl sites for hydroxylation is 1. The molecule has 0 spiro atoms. The van der Waals surface area contributed by atoms with Gasteiger partial charge in [0.15, 0.2) is 17.3 Å². The zero-order valence-electron chi connectivity index (χ0n) is 10.4. The molecular weight excluding hydrogens is 240 g/mol. The van der Waals surface area contributed by atoms with Gasteiger partial charge in [-0.1, -0.05) is 0 Å². The van der Waals surface area contributed by atoms with Gasteiger partial charge >= 0.3 is 0 Å². The monoisotopic (exact) mass is 252 g/mol. The predicted molar refractivity (Wildman–Crippen MR) is 70.1 cm³/mol. The molecule has 0 unspecified atom stereocenters. The van der Waals surface area contributed by atoms with Gasteiger partial charge in [0.25, 0.3) is 0 Å². The minimum Gasteiger partial charge on any atom is -0.454 e. The van der Waals surface area contributed by atoms with E-state index >= 15 is 0 Å². The van der Waals surface area contributed by atoms with Crippen molar-refractivity contribution in [3.63, 3.8) is 0 Å². The summed E-state index contributed by atoms with van der Waals surface area (Å²) in [6.45, 7) is 0.282. The smallest absolute Gasteiger partial charge is 0.231 e. The zero-order chi connectivity index (χ0) is 12.6. The first-order chi connectivity index (χ1) is 9.33. The Kier molecular flexibility index (Phi) is 1.61. The molecule has 2 aliphatic carbocycles. The molecule has 0 bridgehead atoms. The number of rotatable bonds is 0. The minimum atomic E-state index is 0.272. The molecule has 3 aliphatic rings. The van der Waals surface area contributed by atoms with Crippen LogP contribution in [0, 0.1) is 0 Å². The summed E-state index contributed by atoms with van der Waals surface area (Å²) in [6.07, 6.45) is 4.06. The van der Waals surface area contributed by atoms with Crippen LogP contribution in [-0.4, -0.2) is 12.6 Å². The topological polar surface area (TPSA) is 35.5 Å². The predicted octanol–water partition coefficient (Wildman–Crippen LogP) is 2.80. The molecule has 0 amide bonds. The summed E-state index contributed by atoms with van der Waals surface area (Å²) in [6, 6.07) is 4.06. The fourth-order valence-corrected chi connectivity index (χ4v) is 3.74. The summed E-state index contributed by atoms with van der Waals surface area (Å²) in [7, 11) is 0. The van der Waals surface area contributed by atoms with Crippen molar-refractivity contribution in [2.45, 2.75) is 25.7 Å². The van der Waals surface area contributed by atoms with E-state index in [4.69, 9.17) is 9.47 Å². The normalized spacial score (nSPS) is 18.4. The third-order valence-corrected chi connectivity index (χ3v) is 4.61. The van der Waals surface area contributed by atoms with Crippen molar-refractivity contribution in [1.29, 1.82) is 0 Å². The highest BCUT2D eigenvalue weighted by atomic mass is 16.7. The summed E-state index contributed by atoms with van der Waals surface area (Å²) < 4.78 is 10.9. The van der Waals surface area contributed by atoms with E-state index < -0.39 is 0 Å². The van der Waals surface area contributed by atoms with Crippen molar-refractivity contribution in [2.75, 3.05) is 6.79 Å². The largest absolute Gasteiger partial charge is 0.454 e. The van der Waals surface area contributed by atoms with Gasteiger partial charge in [-0.2, -0.15) is 0 Å². The van der Waals surface area contributed by atoms with Crippen molar-refractivity contribution >= 4 is 16.6 Å². The lowest BCUT2D eigenvalue weighted by molar-refractivity contribution is 0.0969. The highest BCUT2D eigenvalue weighted by molar-refractivity contribution is 6.18. The second kappa shape index (κ2) is 3.10. The molecule has 5 rings (SSSR count). The molecule has 0 saturated carbocycles. The first-order valence-corrected chi connectivity index (χ1v) is 6.76. The number of hydrogen-bond donors (Lipinski definition) is 0. The Hall–Kier alpha value is -2.03. The van der Waals surface area contributed by atoms with Crippen LogP contribution >= 0.6 is 0 Å². The summed E-state index contributed by atoms with van der Waals surface area (Å²) in [5.74, 6) is 1.86. The Morgan fingerprint density at radius 3 is 2.42 bits per heavy atom. The third-order valence-electron chi connectivity index (χ3n) is 4.61. The third kappa shape index (κ3) is 1.07. The van der Waals surface area contributed by atoms with Crippen LogP contribution in [0.3, 0.4) is 0 Å². The summed E-state index contributed by atoms with van der Waals surface area (Å²) in [4.78, 5) is 12.0. The van der Waals surface area contributed by atoms with E-state index in [1.54, 1.807) is 0 Å². The van der Waals surface area contributed by atoms with Crippen molar-refractivity contribution in [1.82, 2.24) is 0 Å². The van der Waals surface area contributed by atoms with E-state index in [0.29, 0.717) is 6.42 Å². The highest BCUT2D eigenvalue weighted by Crippen LogP contribution is 2.45. The first-order valence-electron chi connectivity index (χ1n) is 6.76. The van der Waals surface area contributed by atoms with E-state index in [-0.39, 0.29) is 12.6 Å². The average molecular weight is 252 g/mol. The lowest BCUT2D eigenvalue weighted by Crippen LogP contribution is -2.22. The van der Waals surface area contributed by atoms with Crippen LogP contribution in [0.25, 0.3) is 10.8 Å². The molecule has 1 heterocycles. The van der Waals surface area contributed by atoms with Crippen LogP contribution in [-0.2, 0) is 19.3 Å². The summed E-state index contributed by atoms with van der Waals surface area (Å²) in [5, 5.41) is 2.26. The van der Waals surface area contributed by atoms with Gasteiger partial charge in [0.1, 0.15) is 0 Å². The van der Waals surface area contributed by atoms with Crippen LogP contribution in [0.5, 0.6) is 11.5 Å². The molecule has 0 saturated heterocycles. The molecule has 2 aromatic rings. The van der Waals surface area contributed by atoms with Crippen LogP contribution in [0.2, 0.25) is 0 Å². The average Bonchev–Trinajstić information content (AvgIpc) is 3.02. The van der Waals surface area contributed by atoms with Gasteiger partial charge in [0.2, 0.25) is 6.79 Å². The number of carbonyl (C=O) groups excluding carboxylic acids is 1. The lowest BCUT2D eigenvalue weighted by atomic mass is 9.78. The van der Waals surface area contributed by atoms with E-state index in [9.17, 15) is 4.79 Å². The summed E-state index contributed by atoms with van der Waals surface area (Å²) in [5.41, 5.74) is 5.10. The van der Waals surface area contributed by atoms with Crippen molar-refractivity contribution in [3.8, 4) is 11.5 Å². The Bertz CT molecular complexity index is 774. The molecule has 0 atom stereocenters. The van der Waals surface area contributed by atoms with E-state index in [1.807, 2.05) is 6.07 Å². The molecule has 0 radical (unpaired) electrons. The van der Waals surface area contributed by atoms with Gasteiger partial charge in [0.05, 0.1) is 0 Å². The fraction of sp³-hybridized carbons (Fsp3) is 0.312. The van der Waals surface area contributed by atoms with Crippen LogP contribution in [0.15, 0.2) is 12.1 Å². The number of ketones is 1. The molecular formula is C16H12O3. The molecule has 0 N–H and O–H groups in total. The van der Waals surface area contributed by atoms with Gasteiger partial charge < -0.3 is 9.47 Å². The SMILES string of the molecule is O=C1Cc2c3c(c4cc5c(cc4c21)OCO5)CCC3. The van der Waals surface area contributed by atoms with Crippen LogP contribution in [0.1, 0.15) is 33.5 Å². The fourth-order valence-electron chi connectivity index (χ4n) is 3.74. The van der Waals surface area contributed by atoms with Gasteiger partial charge in [-0.05, 0) is 58.9 Å². The maximum atomic E-state index is 12.0. The number of benzene rings is 2. The molecule has 2 aromatic carbocycles. The van der Waals surface area contributed by atoms with E-state index in [0.717, 1.165) is 35.3 Å². The van der Waals surface area contributed by atoms with Gasteiger partial charge in [-0.15, -0.1) is 0 Å². The van der Waals surface area contributed by atoms with E-state index in [2.05, 4.69) is 6.07 Å². The van der Waals surface area contributed by atoms with Gasteiger partial charge in [0, 0.05) is 12.0 Å². The standard InChI is InChI=1S/C16H12O3/c17-13-4-11-9-3-1-2-8(9)10-5-14-15(19-7-18-14)6-12(10)16(11)13/h5-6H,1-4,7H2. The molecule has 0 fully saturated rings. The number of Topliss-reactive ketones (excluding diaryl/α,β-unsaturated/α-hetero) is 1. The molecule has 3 nitrogen and oxygen atoms in total. The number of fused-ring (bicyclic) bond motifs is 7. The quantitative estimate of drug-likeness (QED) is 0.723. The number of carbonyl (C=O) groups is 1. The number of ether oxygens (including phenoxy) is 2.